The molecule has 0 fully saturated rings. The van der Waals surface area contributed by atoms with E-state index in [2.05, 4.69) is 83.1 Å². The molecule has 0 aromatic rings. The number of hydrogen-bond acceptors (Lipinski definition) is 0. The molecule has 2 heteroatoms. The maximum atomic E-state index is 2.54. The van der Waals surface area contributed by atoms with Gasteiger partial charge in [-0.1, -0.05) is 98.9 Å². The lowest BCUT2D eigenvalue weighted by Gasteiger charge is -2.49. The Morgan fingerprint density at radius 2 is 0.583 bits per heavy atom. The van der Waals surface area contributed by atoms with E-state index in [9.17, 15) is 0 Å². The van der Waals surface area contributed by atoms with E-state index in [-0.39, 0.29) is 15.8 Å². The van der Waals surface area contributed by atoms with E-state index in [0.29, 0.717) is 20.6 Å². The summed E-state index contributed by atoms with van der Waals surface area (Å²) in [5, 5.41) is 2.01. The summed E-state index contributed by atoms with van der Waals surface area (Å²) in [5.74, 6) is 0. The van der Waals surface area contributed by atoms with Crippen LogP contribution < -0.4 is 0 Å². The normalized spacial score (nSPS) is 14.8. The molecule has 0 saturated heterocycles. The van der Waals surface area contributed by atoms with Crippen LogP contribution >= 0.6 is 15.8 Å². The number of hydrogen-bond donors (Lipinski definition) is 0. The molecule has 0 radical (unpaired) electrons. The lowest BCUT2D eigenvalue weighted by molar-refractivity contribution is 0.596. The fourth-order valence-electron chi connectivity index (χ4n) is 3.81. The highest BCUT2D eigenvalue weighted by Gasteiger charge is 2.42. The SMILES string of the molecule is CCC(C)(C)P(CCP(C(C)(C)CC)C(C)(C)CC)C(C)(C)CC. The summed E-state index contributed by atoms with van der Waals surface area (Å²) in [6.07, 6.45) is 8.19. The van der Waals surface area contributed by atoms with Gasteiger partial charge in [0.25, 0.3) is 0 Å². The third kappa shape index (κ3) is 6.23. The maximum absolute atomic E-state index is 2.54. The summed E-state index contributed by atoms with van der Waals surface area (Å²) in [5.41, 5.74) is 0. The van der Waals surface area contributed by atoms with Crippen LogP contribution in [0, 0.1) is 0 Å². The molecule has 0 aliphatic rings. The van der Waals surface area contributed by atoms with E-state index in [1.807, 2.05) is 0 Å². The van der Waals surface area contributed by atoms with Crippen LogP contribution in [0.15, 0.2) is 0 Å². The second-order valence-electron chi connectivity index (χ2n) is 9.97. The first-order valence-corrected chi connectivity index (χ1v) is 13.3. The molecule has 0 nitrogen and oxygen atoms in total. The van der Waals surface area contributed by atoms with Gasteiger partial charge in [0, 0.05) is 0 Å². The molecule has 0 aromatic carbocycles. The van der Waals surface area contributed by atoms with Gasteiger partial charge in [-0.3, -0.25) is 0 Å². The fourth-order valence-corrected chi connectivity index (χ4v) is 12.6. The van der Waals surface area contributed by atoms with E-state index >= 15 is 0 Å². The predicted octanol–water partition coefficient (Wildman–Crippen LogP) is 8.70. The van der Waals surface area contributed by atoms with Gasteiger partial charge in [-0.15, -0.1) is 0 Å². The minimum atomic E-state index is 0.0320. The quantitative estimate of drug-likeness (QED) is 0.317. The summed E-state index contributed by atoms with van der Waals surface area (Å²) < 4.78 is 0. The van der Waals surface area contributed by atoms with Crippen LogP contribution in [0.4, 0.5) is 0 Å². The van der Waals surface area contributed by atoms with Gasteiger partial charge < -0.3 is 0 Å². The summed E-state index contributed by atoms with van der Waals surface area (Å²) in [6.45, 7) is 29.9. The Morgan fingerprint density at radius 1 is 0.417 bits per heavy atom. The number of rotatable bonds is 11. The fraction of sp³-hybridized carbons (Fsp3) is 1.00. The monoisotopic (exact) mass is 374 g/mol. The first-order valence-electron chi connectivity index (χ1n) is 10.3. The van der Waals surface area contributed by atoms with Crippen LogP contribution in [-0.4, -0.2) is 32.9 Å². The third-order valence-electron chi connectivity index (χ3n) is 6.93. The third-order valence-corrected chi connectivity index (χ3v) is 15.7. The molecule has 0 amide bonds. The van der Waals surface area contributed by atoms with Crippen molar-refractivity contribution >= 4 is 15.8 Å². The minimum Gasteiger partial charge on any atom is -0.0947 e. The van der Waals surface area contributed by atoms with Gasteiger partial charge in [0.1, 0.15) is 0 Å². The van der Waals surface area contributed by atoms with Crippen LogP contribution in [0.3, 0.4) is 0 Å². The lowest BCUT2D eigenvalue weighted by atomic mass is 10.1. The highest BCUT2D eigenvalue weighted by molar-refractivity contribution is 7.64. The van der Waals surface area contributed by atoms with Crippen LogP contribution in [-0.2, 0) is 0 Å². The summed E-state index contributed by atoms with van der Waals surface area (Å²) in [4.78, 5) is 0. The summed E-state index contributed by atoms with van der Waals surface area (Å²) >= 11 is 0. The van der Waals surface area contributed by atoms with Crippen molar-refractivity contribution in [1.29, 1.82) is 0 Å². The molecule has 0 atom stereocenters. The van der Waals surface area contributed by atoms with Gasteiger partial charge in [-0.25, -0.2) is 0 Å². The lowest BCUT2D eigenvalue weighted by Crippen LogP contribution is -2.34. The van der Waals surface area contributed by atoms with E-state index in [1.165, 1.54) is 38.0 Å². The van der Waals surface area contributed by atoms with Gasteiger partial charge >= 0.3 is 0 Å². The van der Waals surface area contributed by atoms with E-state index in [4.69, 9.17) is 0 Å². The Morgan fingerprint density at radius 3 is 0.708 bits per heavy atom. The molecule has 0 bridgehead atoms. The summed E-state index contributed by atoms with van der Waals surface area (Å²) in [7, 11) is 0.0640. The predicted molar refractivity (Wildman–Crippen MR) is 121 cm³/mol. The maximum Gasteiger partial charge on any atom is -0.0149 e. The zero-order valence-electron chi connectivity index (χ0n) is 19.1. The van der Waals surface area contributed by atoms with Crippen molar-refractivity contribution in [2.45, 2.75) is 129 Å². The van der Waals surface area contributed by atoms with Crippen molar-refractivity contribution in [3.05, 3.63) is 0 Å². The first-order chi connectivity index (χ1) is 10.7. The highest BCUT2D eigenvalue weighted by Crippen LogP contribution is 2.67. The Labute approximate surface area is 157 Å². The zero-order chi connectivity index (χ0) is 19.4. The zero-order valence-corrected chi connectivity index (χ0v) is 20.9. The van der Waals surface area contributed by atoms with Crippen LogP contribution in [0.2, 0.25) is 0 Å². The summed E-state index contributed by atoms with van der Waals surface area (Å²) in [6, 6.07) is 0. The molecule has 0 N–H and O–H groups in total. The second kappa shape index (κ2) is 9.18. The smallest absolute Gasteiger partial charge is 0.0149 e. The first kappa shape index (κ1) is 24.9. The second-order valence-corrected chi connectivity index (χ2v) is 17.4. The van der Waals surface area contributed by atoms with Crippen LogP contribution in [0.1, 0.15) is 109 Å². The highest BCUT2D eigenvalue weighted by atomic mass is 31.1. The molecule has 0 aromatic heterocycles. The van der Waals surface area contributed by atoms with Gasteiger partial charge in [-0.2, -0.15) is 0 Å². The molecule has 0 spiro atoms. The minimum absolute atomic E-state index is 0.0320. The van der Waals surface area contributed by atoms with E-state index in [1.54, 1.807) is 0 Å². The molecule has 0 heterocycles. The van der Waals surface area contributed by atoms with Crippen molar-refractivity contribution in [3.63, 3.8) is 0 Å². The molecular weight excluding hydrogens is 326 g/mol. The Kier molecular flexibility index (Phi) is 9.51. The van der Waals surface area contributed by atoms with Gasteiger partial charge in [0.15, 0.2) is 0 Å². The van der Waals surface area contributed by atoms with Crippen molar-refractivity contribution in [2.24, 2.45) is 0 Å². The molecule has 0 unspecified atom stereocenters. The molecule has 0 aliphatic heterocycles. The van der Waals surface area contributed by atoms with Crippen molar-refractivity contribution in [1.82, 2.24) is 0 Å². The standard InChI is InChI=1S/C22H48P2/c1-13-19(5,6)23(20(7,8)14-2)17-18-24(21(9,10)15-3)22(11,12)16-4/h13-18H2,1-12H3. The molecule has 0 rings (SSSR count). The largest absolute Gasteiger partial charge is 0.0947 e. The van der Waals surface area contributed by atoms with Crippen molar-refractivity contribution in [2.75, 3.05) is 12.3 Å². The van der Waals surface area contributed by atoms with Crippen LogP contribution in [0.5, 0.6) is 0 Å². The molecule has 24 heavy (non-hydrogen) atoms. The van der Waals surface area contributed by atoms with Gasteiger partial charge in [0.05, 0.1) is 0 Å². The average Bonchev–Trinajstić information content (AvgIpc) is 2.50. The molecular formula is C22H48P2. The average molecular weight is 375 g/mol. The van der Waals surface area contributed by atoms with Crippen molar-refractivity contribution in [3.8, 4) is 0 Å². The van der Waals surface area contributed by atoms with E-state index in [0.717, 1.165) is 0 Å². The van der Waals surface area contributed by atoms with Gasteiger partial charge in [-0.05, 0) is 58.6 Å². The van der Waals surface area contributed by atoms with E-state index < -0.39 is 0 Å². The molecule has 0 aliphatic carbocycles. The molecule has 146 valence electrons. The molecule has 0 saturated carbocycles. The van der Waals surface area contributed by atoms with Crippen molar-refractivity contribution < 1.29 is 0 Å². The Bertz CT molecular complexity index is 298. The topological polar surface area (TPSA) is 0 Å². The van der Waals surface area contributed by atoms with Crippen LogP contribution in [0.25, 0.3) is 0 Å². The Balaban J connectivity index is 5.56. The van der Waals surface area contributed by atoms with Gasteiger partial charge in [0.2, 0.25) is 0 Å². The Hall–Kier alpha value is 0.860.